The molecule has 0 saturated heterocycles. The van der Waals surface area contributed by atoms with Crippen LogP contribution >= 0.6 is 12.4 Å². The van der Waals surface area contributed by atoms with E-state index in [1.165, 1.54) is 16.7 Å². The number of pyridine rings is 1. The minimum Gasteiger partial charge on any atom is -0.327 e. The van der Waals surface area contributed by atoms with Crippen LogP contribution in [0, 0.1) is 6.92 Å². The highest BCUT2D eigenvalue weighted by atomic mass is 35.5. The first-order valence-electron chi connectivity index (χ1n) is 6.02. The molecule has 0 bridgehead atoms. The summed E-state index contributed by atoms with van der Waals surface area (Å²) in [5.74, 6) is 0.537. The molecule has 1 aromatic heterocycles. The zero-order valence-electron chi connectivity index (χ0n) is 10.3. The molecule has 0 aliphatic heterocycles. The van der Waals surface area contributed by atoms with Gasteiger partial charge < -0.3 is 5.73 Å². The molecule has 1 aromatic carbocycles. The van der Waals surface area contributed by atoms with Gasteiger partial charge in [-0.25, -0.2) is 0 Å². The first kappa shape index (κ1) is 13.1. The third kappa shape index (κ3) is 2.55. The van der Waals surface area contributed by atoms with E-state index in [9.17, 15) is 0 Å². The Balaban J connectivity index is 0.00000120. The van der Waals surface area contributed by atoms with Gasteiger partial charge in [-0.3, -0.25) is 4.98 Å². The number of benzene rings is 1. The van der Waals surface area contributed by atoms with E-state index >= 15 is 0 Å². The van der Waals surface area contributed by atoms with Gasteiger partial charge in [0.05, 0.1) is 5.69 Å². The van der Waals surface area contributed by atoms with Crippen molar-refractivity contribution in [2.24, 2.45) is 5.73 Å². The molecule has 1 saturated carbocycles. The molecule has 3 rings (SSSR count). The van der Waals surface area contributed by atoms with Crippen molar-refractivity contribution in [1.29, 1.82) is 0 Å². The molecule has 3 heteroatoms. The molecule has 94 valence electrons. The van der Waals surface area contributed by atoms with Gasteiger partial charge in [0, 0.05) is 23.7 Å². The summed E-state index contributed by atoms with van der Waals surface area (Å²) in [4.78, 5) is 4.52. The molecule has 0 radical (unpaired) electrons. The van der Waals surface area contributed by atoms with E-state index in [1.807, 2.05) is 6.20 Å². The highest BCUT2D eigenvalue weighted by Crippen LogP contribution is 2.38. The Morgan fingerprint density at radius 1 is 1.11 bits per heavy atom. The summed E-state index contributed by atoms with van der Waals surface area (Å²) < 4.78 is 0. The molecule has 1 fully saturated rings. The topological polar surface area (TPSA) is 38.9 Å². The molecule has 2 aromatic rings. The number of nitrogens with two attached hydrogens (primary N) is 1. The van der Waals surface area contributed by atoms with Crippen LogP contribution in [0.3, 0.4) is 0 Å². The van der Waals surface area contributed by atoms with Crippen molar-refractivity contribution >= 4 is 12.4 Å². The largest absolute Gasteiger partial charge is 0.327 e. The van der Waals surface area contributed by atoms with Gasteiger partial charge in [0.15, 0.2) is 0 Å². The van der Waals surface area contributed by atoms with Gasteiger partial charge in [-0.1, -0.05) is 35.9 Å². The molecule has 1 aliphatic carbocycles. The van der Waals surface area contributed by atoms with Crippen molar-refractivity contribution in [2.75, 3.05) is 0 Å². The zero-order chi connectivity index (χ0) is 11.8. The third-order valence-corrected chi connectivity index (χ3v) is 3.40. The highest BCUT2D eigenvalue weighted by Gasteiger charge is 2.34. The van der Waals surface area contributed by atoms with Crippen LogP contribution in [0.4, 0.5) is 0 Å². The lowest BCUT2D eigenvalue weighted by atomic mass is 10.1. The summed E-state index contributed by atoms with van der Waals surface area (Å²) in [5, 5.41) is 0. The predicted octanol–water partition coefficient (Wildman–Crippen LogP) is 3.29. The maximum atomic E-state index is 5.84. The van der Waals surface area contributed by atoms with Crippen LogP contribution in [0.15, 0.2) is 42.6 Å². The van der Waals surface area contributed by atoms with Gasteiger partial charge in [0.25, 0.3) is 0 Å². The SMILES string of the molecule is Cc1ccc(-c2ccc(C3CC3N)cn2)cc1.Cl. The minimum absolute atomic E-state index is 0. The molecule has 2 atom stereocenters. The van der Waals surface area contributed by atoms with Crippen molar-refractivity contribution in [1.82, 2.24) is 4.98 Å². The standard InChI is InChI=1S/C15H16N2.ClH/c1-10-2-4-11(5-3-10)15-7-6-12(9-17-15)13-8-14(13)16;/h2-7,9,13-14H,8,16H2,1H3;1H. The highest BCUT2D eigenvalue weighted by molar-refractivity contribution is 5.85. The normalized spacial score (nSPS) is 21.2. The van der Waals surface area contributed by atoms with Gasteiger partial charge >= 0.3 is 0 Å². The van der Waals surface area contributed by atoms with E-state index in [-0.39, 0.29) is 12.4 Å². The fourth-order valence-electron chi connectivity index (χ4n) is 2.12. The monoisotopic (exact) mass is 260 g/mol. The number of hydrogen-bond acceptors (Lipinski definition) is 2. The molecular weight excluding hydrogens is 244 g/mol. The molecule has 2 nitrogen and oxygen atoms in total. The van der Waals surface area contributed by atoms with E-state index in [4.69, 9.17) is 5.73 Å². The van der Waals surface area contributed by atoms with E-state index in [1.54, 1.807) is 0 Å². The van der Waals surface area contributed by atoms with Crippen LogP contribution in [0.25, 0.3) is 11.3 Å². The number of rotatable bonds is 2. The smallest absolute Gasteiger partial charge is 0.0702 e. The second-order valence-corrected chi connectivity index (χ2v) is 4.85. The number of nitrogens with zero attached hydrogens (tertiary/aromatic N) is 1. The number of aryl methyl sites for hydroxylation is 1. The van der Waals surface area contributed by atoms with Crippen LogP contribution in [0.1, 0.15) is 23.5 Å². The molecule has 1 aliphatic rings. The zero-order valence-corrected chi connectivity index (χ0v) is 11.2. The Bertz CT molecular complexity index is 519. The van der Waals surface area contributed by atoms with Crippen molar-refractivity contribution in [2.45, 2.75) is 25.3 Å². The third-order valence-electron chi connectivity index (χ3n) is 3.40. The Kier molecular flexibility index (Phi) is 3.69. The molecule has 0 amide bonds. The average Bonchev–Trinajstić information content (AvgIpc) is 3.08. The van der Waals surface area contributed by atoms with Crippen LogP contribution in [-0.4, -0.2) is 11.0 Å². The van der Waals surface area contributed by atoms with E-state index in [2.05, 4.69) is 48.3 Å². The molecule has 2 unspecified atom stereocenters. The summed E-state index contributed by atoms with van der Waals surface area (Å²) in [6, 6.07) is 13.0. The first-order chi connectivity index (χ1) is 8.24. The first-order valence-corrected chi connectivity index (χ1v) is 6.02. The van der Waals surface area contributed by atoms with E-state index in [0.29, 0.717) is 12.0 Å². The summed E-state index contributed by atoms with van der Waals surface area (Å²) in [6.45, 7) is 2.09. The maximum absolute atomic E-state index is 5.84. The Hall–Kier alpha value is -1.38. The van der Waals surface area contributed by atoms with Crippen molar-refractivity contribution in [3.63, 3.8) is 0 Å². The molecule has 0 spiro atoms. The lowest BCUT2D eigenvalue weighted by molar-refractivity contribution is 0.981. The summed E-state index contributed by atoms with van der Waals surface area (Å²) >= 11 is 0. The Morgan fingerprint density at radius 3 is 2.28 bits per heavy atom. The number of aromatic nitrogens is 1. The minimum atomic E-state index is 0. The number of halogens is 1. The lowest BCUT2D eigenvalue weighted by Crippen LogP contribution is -2.01. The van der Waals surface area contributed by atoms with Gasteiger partial charge in [0.1, 0.15) is 0 Å². The van der Waals surface area contributed by atoms with Crippen LogP contribution in [0.5, 0.6) is 0 Å². The molecule has 18 heavy (non-hydrogen) atoms. The predicted molar refractivity (Wildman–Crippen MR) is 77.0 cm³/mol. The van der Waals surface area contributed by atoms with Crippen LogP contribution in [0.2, 0.25) is 0 Å². The average molecular weight is 261 g/mol. The molecular formula is C15H17ClN2. The van der Waals surface area contributed by atoms with Crippen LogP contribution in [-0.2, 0) is 0 Å². The maximum Gasteiger partial charge on any atom is 0.0702 e. The summed E-state index contributed by atoms with van der Waals surface area (Å²) in [7, 11) is 0. The van der Waals surface area contributed by atoms with Crippen molar-refractivity contribution in [3.05, 3.63) is 53.7 Å². The van der Waals surface area contributed by atoms with Crippen molar-refractivity contribution < 1.29 is 0 Å². The number of hydrogen-bond donors (Lipinski definition) is 1. The quantitative estimate of drug-likeness (QED) is 0.900. The fraction of sp³-hybridized carbons (Fsp3) is 0.267. The second-order valence-electron chi connectivity index (χ2n) is 4.85. The molecule has 2 N–H and O–H groups in total. The fourth-order valence-corrected chi connectivity index (χ4v) is 2.12. The van der Waals surface area contributed by atoms with E-state index in [0.717, 1.165) is 12.1 Å². The summed E-state index contributed by atoms with van der Waals surface area (Å²) in [5.41, 5.74) is 10.6. The lowest BCUT2D eigenvalue weighted by Gasteiger charge is -2.03. The van der Waals surface area contributed by atoms with Gasteiger partial charge in [-0.15, -0.1) is 12.4 Å². The van der Waals surface area contributed by atoms with E-state index < -0.39 is 0 Å². The molecule has 1 heterocycles. The van der Waals surface area contributed by atoms with Crippen molar-refractivity contribution in [3.8, 4) is 11.3 Å². The summed E-state index contributed by atoms with van der Waals surface area (Å²) in [6.07, 6.45) is 3.07. The van der Waals surface area contributed by atoms with Crippen LogP contribution < -0.4 is 5.73 Å². The Morgan fingerprint density at radius 2 is 1.78 bits per heavy atom. The Labute approximate surface area is 114 Å². The second kappa shape index (κ2) is 5.09. The van der Waals surface area contributed by atoms with Gasteiger partial charge in [-0.05, 0) is 25.0 Å². The van der Waals surface area contributed by atoms with Gasteiger partial charge in [0.2, 0.25) is 0 Å². The van der Waals surface area contributed by atoms with Gasteiger partial charge in [-0.2, -0.15) is 0 Å².